The van der Waals surface area contributed by atoms with Crippen LogP contribution >= 0.6 is 0 Å². The van der Waals surface area contributed by atoms with Crippen LogP contribution in [0.2, 0.25) is 0 Å². The predicted molar refractivity (Wildman–Crippen MR) is 110 cm³/mol. The zero-order valence-corrected chi connectivity index (χ0v) is 15.9. The normalized spacial score (nSPS) is 15.4. The van der Waals surface area contributed by atoms with Crippen molar-refractivity contribution >= 4 is 11.9 Å². The first-order chi connectivity index (χ1) is 14.3. The first-order valence-corrected chi connectivity index (χ1v) is 9.92. The fourth-order valence-corrected chi connectivity index (χ4v) is 3.86. The van der Waals surface area contributed by atoms with Crippen molar-refractivity contribution in [2.45, 2.75) is 25.7 Å². The number of carbonyl (C=O) groups is 1. The first-order valence-electron chi connectivity index (χ1n) is 9.92. The summed E-state index contributed by atoms with van der Waals surface area (Å²) in [4.78, 5) is 21.9. The van der Waals surface area contributed by atoms with Crippen LogP contribution in [0.25, 0.3) is 22.5 Å². The maximum atomic E-state index is 12.6. The van der Waals surface area contributed by atoms with Crippen molar-refractivity contribution in [1.29, 1.82) is 0 Å². The maximum absolute atomic E-state index is 12.6. The summed E-state index contributed by atoms with van der Waals surface area (Å²) < 4.78 is 10.9. The zero-order valence-electron chi connectivity index (χ0n) is 15.9. The summed E-state index contributed by atoms with van der Waals surface area (Å²) in [6.07, 6.45) is 4.06. The third kappa shape index (κ3) is 3.66. The molecule has 1 aliphatic carbocycles. The van der Waals surface area contributed by atoms with Crippen LogP contribution in [0.15, 0.2) is 54.6 Å². The highest BCUT2D eigenvalue weighted by atomic mass is 16.7. The molecule has 0 bridgehead atoms. The van der Waals surface area contributed by atoms with Gasteiger partial charge in [0.05, 0.1) is 11.4 Å². The van der Waals surface area contributed by atoms with Gasteiger partial charge < -0.3 is 9.47 Å². The summed E-state index contributed by atoms with van der Waals surface area (Å²) in [5, 5.41) is 2.94. The summed E-state index contributed by atoms with van der Waals surface area (Å²) in [5.74, 6) is 1.80. The molecule has 2 heterocycles. The molecular formula is C23H21N3O3. The molecule has 6 nitrogen and oxygen atoms in total. The van der Waals surface area contributed by atoms with E-state index < -0.39 is 0 Å². The predicted octanol–water partition coefficient (Wildman–Crippen LogP) is 4.67. The van der Waals surface area contributed by atoms with E-state index in [1.165, 1.54) is 0 Å². The number of rotatable bonds is 4. The molecule has 1 aromatic heterocycles. The Bertz CT molecular complexity index is 1050. The third-order valence-corrected chi connectivity index (χ3v) is 5.42. The van der Waals surface area contributed by atoms with E-state index in [0.29, 0.717) is 11.7 Å². The molecule has 0 unspecified atom stereocenters. The lowest BCUT2D eigenvalue weighted by Crippen LogP contribution is -2.21. The molecule has 2 aliphatic rings. The Morgan fingerprint density at radius 2 is 1.59 bits per heavy atom. The van der Waals surface area contributed by atoms with Gasteiger partial charge in [0.1, 0.15) is 0 Å². The molecular weight excluding hydrogens is 366 g/mol. The van der Waals surface area contributed by atoms with Crippen molar-refractivity contribution in [2.75, 3.05) is 12.1 Å². The molecule has 2 aromatic carbocycles. The summed E-state index contributed by atoms with van der Waals surface area (Å²) in [6, 6.07) is 17.5. The van der Waals surface area contributed by atoms with Gasteiger partial charge in [-0.25, -0.2) is 9.97 Å². The van der Waals surface area contributed by atoms with Gasteiger partial charge in [-0.3, -0.25) is 10.1 Å². The molecule has 146 valence electrons. The van der Waals surface area contributed by atoms with Gasteiger partial charge in [-0.05, 0) is 37.1 Å². The van der Waals surface area contributed by atoms with Crippen molar-refractivity contribution in [3.8, 4) is 34.0 Å². The Morgan fingerprint density at radius 3 is 2.38 bits per heavy atom. The third-order valence-electron chi connectivity index (χ3n) is 5.42. The number of benzene rings is 2. The minimum absolute atomic E-state index is 0.00403. The van der Waals surface area contributed by atoms with E-state index in [9.17, 15) is 4.79 Å². The zero-order chi connectivity index (χ0) is 19.6. The van der Waals surface area contributed by atoms with Crippen LogP contribution in [0, 0.1) is 5.92 Å². The molecule has 1 aliphatic heterocycles. The monoisotopic (exact) mass is 387 g/mol. The number of carbonyl (C=O) groups excluding carboxylic acids is 1. The van der Waals surface area contributed by atoms with Crippen LogP contribution in [0.3, 0.4) is 0 Å². The Labute approximate surface area is 168 Å². The summed E-state index contributed by atoms with van der Waals surface area (Å²) in [7, 11) is 0. The largest absolute Gasteiger partial charge is 0.454 e. The van der Waals surface area contributed by atoms with E-state index in [1.807, 2.05) is 54.6 Å². The van der Waals surface area contributed by atoms with E-state index in [-0.39, 0.29) is 18.6 Å². The lowest BCUT2D eigenvalue weighted by Gasteiger charge is -2.12. The molecule has 1 saturated carbocycles. The van der Waals surface area contributed by atoms with Gasteiger partial charge in [-0.1, -0.05) is 43.2 Å². The molecule has 0 radical (unpaired) electrons. The number of nitrogens with zero attached hydrogens (tertiary/aromatic N) is 2. The van der Waals surface area contributed by atoms with Gasteiger partial charge in [0, 0.05) is 17.0 Å². The standard InChI is InChI=1S/C23H21N3O3/c27-22(16-8-4-5-9-16)26-23-24-18(15-6-2-1-3-7-15)13-19(25-23)17-10-11-20-21(12-17)29-14-28-20/h1-3,6-7,10-13,16H,4-5,8-9,14H2,(H,24,25,26,27). The fourth-order valence-electron chi connectivity index (χ4n) is 3.86. The number of hydrogen-bond acceptors (Lipinski definition) is 5. The topological polar surface area (TPSA) is 73.3 Å². The minimum atomic E-state index is 0.00403. The summed E-state index contributed by atoms with van der Waals surface area (Å²) >= 11 is 0. The van der Waals surface area contributed by atoms with Crippen LogP contribution in [0.5, 0.6) is 11.5 Å². The van der Waals surface area contributed by atoms with Crippen molar-refractivity contribution in [3.63, 3.8) is 0 Å². The highest BCUT2D eigenvalue weighted by Crippen LogP contribution is 2.36. The molecule has 1 fully saturated rings. The van der Waals surface area contributed by atoms with Crippen molar-refractivity contribution in [3.05, 3.63) is 54.6 Å². The molecule has 29 heavy (non-hydrogen) atoms. The summed E-state index contributed by atoms with van der Waals surface area (Å²) in [5.41, 5.74) is 3.33. The molecule has 0 spiro atoms. The van der Waals surface area contributed by atoms with Gasteiger partial charge in [-0.2, -0.15) is 0 Å². The highest BCUT2D eigenvalue weighted by Gasteiger charge is 2.24. The van der Waals surface area contributed by atoms with Crippen LogP contribution in [0.1, 0.15) is 25.7 Å². The second-order valence-corrected chi connectivity index (χ2v) is 7.37. The Morgan fingerprint density at radius 1 is 0.862 bits per heavy atom. The molecule has 0 atom stereocenters. The van der Waals surface area contributed by atoms with Crippen LogP contribution in [-0.2, 0) is 4.79 Å². The molecule has 6 heteroatoms. The molecule has 1 amide bonds. The Hall–Kier alpha value is -3.41. The number of anilines is 1. The van der Waals surface area contributed by atoms with Crippen LogP contribution in [0.4, 0.5) is 5.95 Å². The van der Waals surface area contributed by atoms with Gasteiger partial charge in [0.15, 0.2) is 11.5 Å². The average Bonchev–Trinajstić information content (AvgIpc) is 3.45. The number of nitrogens with one attached hydrogen (secondary N) is 1. The number of amides is 1. The van der Waals surface area contributed by atoms with Crippen LogP contribution < -0.4 is 14.8 Å². The molecule has 0 saturated heterocycles. The van der Waals surface area contributed by atoms with E-state index in [4.69, 9.17) is 9.47 Å². The van der Waals surface area contributed by atoms with Gasteiger partial charge in [-0.15, -0.1) is 0 Å². The Balaban J connectivity index is 1.54. The van der Waals surface area contributed by atoms with E-state index >= 15 is 0 Å². The van der Waals surface area contributed by atoms with Crippen molar-refractivity contribution in [1.82, 2.24) is 9.97 Å². The molecule has 5 rings (SSSR count). The highest BCUT2D eigenvalue weighted by molar-refractivity contribution is 5.91. The summed E-state index contributed by atoms with van der Waals surface area (Å²) in [6.45, 7) is 0.223. The lowest BCUT2D eigenvalue weighted by molar-refractivity contribution is -0.119. The van der Waals surface area contributed by atoms with Crippen molar-refractivity contribution < 1.29 is 14.3 Å². The van der Waals surface area contributed by atoms with Gasteiger partial charge >= 0.3 is 0 Å². The Kier molecular flexibility index (Phi) is 4.60. The first kappa shape index (κ1) is 17.7. The number of hydrogen-bond donors (Lipinski definition) is 1. The lowest BCUT2D eigenvalue weighted by atomic mass is 10.1. The quantitative estimate of drug-likeness (QED) is 0.704. The second-order valence-electron chi connectivity index (χ2n) is 7.37. The number of ether oxygens (including phenoxy) is 2. The molecule has 1 N–H and O–H groups in total. The van der Waals surface area contributed by atoms with E-state index in [1.54, 1.807) is 0 Å². The van der Waals surface area contributed by atoms with Gasteiger partial charge in [0.25, 0.3) is 0 Å². The maximum Gasteiger partial charge on any atom is 0.231 e. The second kappa shape index (κ2) is 7.54. The average molecular weight is 387 g/mol. The molecule has 3 aromatic rings. The van der Waals surface area contributed by atoms with E-state index in [2.05, 4.69) is 15.3 Å². The smallest absolute Gasteiger partial charge is 0.231 e. The fraction of sp³-hybridized carbons (Fsp3) is 0.261. The SMILES string of the molecule is O=C(Nc1nc(-c2ccccc2)cc(-c2ccc3c(c2)OCO3)n1)C1CCCC1. The number of aromatic nitrogens is 2. The minimum Gasteiger partial charge on any atom is -0.454 e. The number of fused-ring (bicyclic) bond motifs is 1. The van der Waals surface area contributed by atoms with Crippen molar-refractivity contribution in [2.24, 2.45) is 5.92 Å². The van der Waals surface area contributed by atoms with Gasteiger partial charge in [0.2, 0.25) is 18.6 Å². The van der Waals surface area contributed by atoms with E-state index in [0.717, 1.165) is 53.9 Å². The van der Waals surface area contributed by atoms with Crippen LogP contribution in [-0.4, -0.2) is 22.7 Å².